The molecule has 96 valence electrons. The van der Waals surface area contributed by atoms with Gasteiger partial charge in [0.2, 0.25) is 0 Å². The zero-order valence-electron chi connectivity index (χ0n) is 11.8. The molecule has 0 spiro atoms. The average molecular weight is 236 g/mol. The fourth-order valence-electron chi connectivity index (χ4n) is 1.17. The summed E-state index contributed by atoms with van der Waals surface area (Å²) in [6.07, 6.45) is 1.57. The topological polar surface area (TPSA) is 49.8 Å². The highest BCUT2D eigenvalue weighted by atomic mass is 15.1. The van der Waals surface area contributed by atoms with Crippen LogP contribution in [0.3, 0.4) is 0 Å². The molecule has 1 aromatic heterocycles. The maximum atomic E-state index is 4.21. The van der Waals surface area contributed by atoms with Gasteiger partial charge in [0.15, 0.2) is 0 Å². The van der Waals surface area contributed by atoms with E-state index in [1.807, 2.05) is 13.1 Å². The third-order valence-corrected chi connectivity index (χ3v) is 3.66. The number of nitrogens with one attached hydrogen (secondary N) is 2. The van der Waals surface area contributed by atoms with Crippen molar-refractivity contribution in [2.75, 3.05) is 24.2 Å². The standard InChI is InChI=1S/C13H24N4/c1-12(2,3)13(4,5)8-15-11-7-10(14-6)16-9-17-11/h7,9H,8H2,1-6H3,(H2,14,15,16,17). The van der Waals surface area contributed by atoms with Crippen molar-refractivity contribution in [3.8, 4) is 0 Å². The van der Waals surface area contributed by atoms with Crippen LogP contribution in [-0.2, 0) is 0 Å². The summed E-state index contributed by atoms with van der Waals surface area (Å²) in [5, 5.41) is 6.38. The first-order valence-electron chi connectivity index (χ1n) is 6.00. The molecule has 0 saturated heterocycles. The third-order valence-electron chi connectivity index (χ3n) is 3.66. The highest BCUT2D eigenvalue weighted by Gasteiger charge is 2.32. The van der Waals surface area contributed by atoms with Crippen LogP contribution < -0.4 is 10.6 Å². The normalized spacial score (nSPS) is 12.4. The predicted octanol–water partition coefficient (Wildman–Crippen LogP) is 3.00. The molecule has 1 aromatic rings. The Kier molecular flexibility index (Phi) is 3.96. The molecular weight excluding hydrogens is 212 g/mol. The van der Waals surface area contributed by atoms with Crippen LogP contribution in [0.5, 0.6) is 0 Å². The second-order valence-corrected chi connectivity index (χ2v) is 6.03. The molecule has 0 saturated carbocycles. The molecule has 1 heterocycles. The first kappa shape index (κ1) is 13.7. The van der Waals surface area contributed by atoms with Crippen LogP contribution in [-0.4, -0.2) is 23.6 Å². The second kappa shape index (κ2) is 4.90. The Morgan fingerprint density at radius 2 is 1.65 bits per heavy atom. The van der Waals surface area contributed by atoms with Crippen molar-refractivity contribution >= 4 is 11.6 Å². The smallest absolute Gasteiger partial charge is 0.131 e. The van der Waals surface area contributed by atoms with E-state index < -0.39 is 0 Å². The van der Waals surface area contributed by atoms with Gasteiger partial charge in [-0.25, -0.2) is 9.97 Å². The van der Waals surface area contributed by atoms with Crippen LogP contribution in [0.4, 0.5) is 11.6 Å². The van der Waals surface area contributed by atoms with Gasteiger partial charge < -0.3 is 10.6 Å². The molecule has 0 unspecified atom stereocenters. The molecule has 0 aliphatic heterocycles. The Morgan fingerprint density at radius 1 is 1.06 bits per heavy atom. The maximum Gasteiger partial charge on any atom is 0.131 e. The second-order valence-electron chi connectivity index (χ2n) is 6.03. The largest absolute Gasteiger partial charge is 0.373 e. The molecule has 0 aromatic carbocycles. The van der Waals surface area contributed by atoms with Crippen molar-refractivity contribution in [1.82, 2.24) is 9.97 Å². The molecule has 1 rings (SSSR count). The first-order chi connectivity index (χ1) is 7.76. The zero-order valence-corrected chi connectivity index (χ0v) is 11.8. The van der Waals surface area contributed by atoms with E-state index in [1.54, 1.807) is 6.33 Å². The van der Waals surface area contributed by atoms with Gasteiger partial charge in [0.25, 0.3) is 0 Å². The summed E-state index contributed by atoms with van der Waals surface area (Å²) in [5.74, 6) is 1.69. The van der Waals surface area contributed by atoms with Gasteiger partial charge in [0.05, 0.1) is 0 Å². The van der Waals surface area contributed by atoms with E-state index in [1.165, 1.54) is 0 Å². The van der Waals surface area contributed by atoms with Gasteiger partial charge >= 0.3 is 0 Å². The monoisotopic (exact) mass is 236 g/mol. The molecule has 0 atom stereocenters. The molecule has 4 nitrogen and oxygen atoms in total. The summed E-state index contributed by atoms with van der Waals surface area (Å²) >= 11 is 0. The fourth-order valence-corrected chi connectivity index (χ4v) is 1.17. The summed E-state index contributed by atoms with van der Waals surface area (Å²) in [7, 11) is 1.85. The van der Waals surface area contributed by atoms with Crippen molar-refractivity contribution in [1.29, 1.82) is 0 Å². The summed E-state index contributed by atoms with van der Waals surface area (Å²) in [6, 6.07) is 1.92. The van der Waals surface area contributed by atoms with E-state index in [0.717, 1.165) is 18.2 Å². The van der Waals surface area contributed by atoms with E-state index >= 15 is 0 Å². The lowest BCUT2D eigenvalue weighted by atomic mass is 9.69. The van der Waals surface area contributed by atoms with Crippen LogP contribution >= 0.6 is 0 Å². The minimum Gasteiger partial charge on any atom is -0.373 e. The number of aromatic nitrogens is 2. The van der Waals surface area contributed by atoms with Gasteiger partial charge in [-0.15, -0.1) is 0 Å². The quantitative estimate of drug-likeness (QED) is 0.843. The summed E-state index contributed by atoms with van der Waals surface area (Å²) in [6.45, 7) is 12.2. The number of hydrogen-bond acceptors (Lipinski definition) is 4. The van der Waals surface area contributed by atoms with Gasteiger partial charge in [-0.1, -0.05) is 34.6 Å². The van der Waals surface area contributed by atoms with E-state index in [0.29, 0.717) is 0 Å². The van der Waals surface area contributed by atoms with Crippen molar-refractivity contribution in [3.05, 3.63) is 12.4 Å². The van der Waals surface area contributed by atoms with Crippen molar-refractivity contribution in [2.24, 2.45) is 10.8 Å². The summed E-state index contributed by atoms with van der Waals surface area (Å²) < 4.78 is 0. The van der Waals surface area contributed by atoms with Crippen molar-refractivity contribution < 1.29 is 0 Å². The SMILES string of the molecule is CNc1cc(NCC(C)(C)C(C)(C)C)ncn1. The summed E-state index contributed by atoms with van der Waals surface area (Å²) in [5.41, 5.74) is 0.441. The van der Waals surface area contributed by atoms with Crippen LogP contribution in [0.25, 0.3) is 0 Å². The minimum absolute atomic E-state index is 0.192. The molecule has 0 bridgehead atoms. The fraction of sp³-hybridized carbons (Fsp3) is 0.692. The van der Waals surface area contributed by atoms with Crippen LogP contribution in [0.15, 0.2) is 12.4 Å². The van der Waals surface area contributed by atoms with Crippen LogP contribution in [0.2, 0.25) is 0 Å². The van der Waals surface area contributed by atoms with Gasteiger partial charge in [0.1, 0.15) is 18.0 Å². The van der Waals surface area contributed by atoms with Gasteiger partial charge in [-0.2, -0.15) is 0 Å². The van der Waals surface area contributed by atoms with Gasteiger partial charge in [0, 0.05) is 19.7 Å². The lowest BCUT2D eigenvalue weighted by Gasteiger charge is -2.39. The van der Waals surface area contributed by atoms with Crippen molar-refractivity contribution in [3.63, 3.8) is 0 Å². The molecule has 0 fully saturated rings. The molecule has 4 heteroatoms. The minimum atomic E-state index is 0.192. The van der Waals surface area contributed by atoms with Gasteiger partial charge in [-0.3, -0.25) is 0 Å². The lowest BCUT2D eigenvalue weighted by Crippen LogP contribution is -2.36. The predicted molar refractivity (Wildman–Crippen MR) is 73.3 cm³/mol. The molecule has 0 aliphatic rings. The Hall–Kier alpha value is -1.32. The Balaban J connectivity index is 2.67. The van der Waals surface area contributed by atoms with Gasteiger partial charge in [-0.05, 0) is 10.8 Å². The van der Waals surface area contributed by atoms with E-state index in [9.17, 15) is 0 Å². The molecule has 0 aliphatic carbocycles. The Labute approximate surface area is 104 Å². The zero-order chi connectivity index (χ0) is 13.1. The molecular formula is C13H24N4. The molecule has 0 amide bonds. The van der Waals surface area contributed by atoms with E-state index in [4.69, 9.17) is 0 Å². The number of nitrogens with zero attached hydrogens (tertiary/aromatic N) is 2. The van der Waals surface area contributed by atoms with Crippen molar-refractivity contribution in [2.45, 2.75) is 34.6 Å². The molecule has 17 heavy (non-hydrogen) atoms. The Bertz CT molecular complexity index is 366. The Morgan fingerprint density at radius 3 is 2.18 bits per heavy atom. The average Bonchev–Trinajstić information content (AvgIpc) is 2.25. The number of hydrogen-bond donors (Lipinski definition) is 2. The maximum absolute atomic E-state index is 4.21. The lowest BCUT2D eigenvalue weighted by molar-refractivity contribution is 0.148. The van der Waals surface area contributed by atoms with E-state index in [-0.39, 0.29) is 10.8 Å². The number of anilines is 2. The third kappa shape index (κ3) is 3.58. The number of rotatable bonds is 4. The molecule has 2 N–H and O–H groups in total. The highest BCUT2D eigenvalue weighted by molar-refractivity contribution is 5.46. The van der Waals surface area contributed by atoms with Crippen LogP contribution in [0, 0.1) is 10.8 Å². The highest BCUT2D eigenvalue weighted by Crippen LogP contribution is 2.37. The summed E-state index contributed by atoms with van der Waals surface area (Å²) in [4.78, 5) is 8.30. The van der Waals surface area contributed by atoms with E-state index in [2.05, 4.69) is 55.2 Å². The molecule has 0 radical (unpaired) electrons. The van der Waals surface area contributed by atoms with Crippen LogP contribution in [0.1, 0.15) is 34.6 Å². The first-order valence-corrected chi connectivity index (χ1v) is 6.00.